The standard InChI is InChI=1S/C67H45N5/c1-3-19-44(20-4-1)45-37-39-47(40-38-45)60-43-59(46-21-5-2-6-22-46)69-67(70-60)49-24-18-26-51(42-49)72-62-35-15-11-31-56(62)64-55-30-10-14-34-61(55)71(63-36-16-12-32-57(63)66(64)72)50-25-17-23-48(41-50)65-54-29-8-7-27-52(54)53-28-9-13-33-58(53)68-65/h1-43,67,70H. The highest BCUT2D eigenvalue weighted by Gasteiger charge is 2.32. The Balaban J connectivity index is 0.916. The SMILES string of the molecule is C1=C(c2ccc(-c3ccccc3)cc2)NC(c2cccc(-n3c4c(c5ccccc53)-c3ccccc3N(c3cccc(-c5nc6ccccc6c6ccccc56)c3)c3ccccc3-4)c2)N=C1c1ccccc1. The number of allylic oxidation sites excluding steroid dienone is 1. The van der Waals surface area contributed by atoms with E-state index in [-0.39, 0.29) is 6.17 Å². The zero-order valence-electron chi connectivity index (χ0n) is 39.2. The Hall–Kier alpha value is -9.58. The molecule has 0 bridgehead atoms. The van der Waals surface area contributed by atoms with Crippen LogP contribution in [0.15, 0.2) is 266 Å². The predicted molar refractivity (Wildman–Crippen MR) is 299 cm³/mol. The summed E-state index contributed by atoms with van der Waals surface area (Å²) in [4.78, 5) is 13.2. The number of fused-ring (bicyclic) bond motifs is 10. The van der Waals surface area contributed by atoms with E-state index in [9.17, 15) is 0 Å². The third kappa shape index (κ3) is 6.93. The van der Waals surface area contributed by atoms with E-state index in [4.69, 9.17) is 9.98 Å². The van der Waals surface area contributed by atoms with Crippen LogP contribution in [0.25, 0.3) is 88.7 Å². The normalized spacial score (nSPS) is 13.9. The largest absolute Gasteiger partial charge is 0.360 e. The molecule has 0 saturated carbocycles. The molecule has 14 rings (SSSR count). The van der Waals surface area contributed by atoms with E-state index in [0.29, 0.717) is 0 Å². The van der Waals surface area contributed by atoms with E-state index >= 15 is 0 Å². The van der Waals surface area contributed by atoms with Crippen molar-refractivity contribution in [3.8, 4) is 50.5 Å². The second-order valence-corrected chi connectivity index (χ2v) is 18.5. The van der Waals surface area contributed by atoms with Crippen molar-refractivity contribution in [3.63, 3.8) is 0 Å². The van der Waals surface area contributed by atoms with Crippen LogP contribution in [0.2, 0.25) is 0 Å². The first-order chi connectivity index (χ1) is 35.7. The molecular formula is C67H45N5. The molecule has 4 heterocycles. The van der Waals surface area contributed by atoms with Gasteiger partial charge in [-0.1, -0.05) is 206 Å². The Bertz CT molecular complexity index is 4130. The number of hydrogen-bond acceptors (Lipinski definition) is 4. The average molecular weight is 920 g/mol. The lowest BCUT2D eigenvalue weighted by Gasteiger charge is -2.28. The highest BCUT2D eigenvalue weighted by atomic mass is 15.2. The number of rotatable bonds is 7. The zero-order valence-corrected chi connectivity index (χ0v) is 39.2. The molecule has 2 aliphatic rings. The molecule has 0 saturated heterocycles. The lowest BCUT2D eigenvalue weighted by molar-refractivity contribution is 0.663. The van der Waals surface area contributed by atoms with E-state index in [1.807, 2.05) is 0 Å². The fourth-order valence-corrected chi connectivity index (χ4v) is 11.0. The lowest BCUT2D eigenvalue weighted by atomic mass is 9.98. The summed E-state index contributed by atoms with van der Waals surface area (Å²) in [5, 5.41) is 8.55. The fraction of sp³-hybridized carbons (Fsp3) is 0.0149. The smallest absolute Gasteiger partial charge is 0.145 e. The molecule has 0 radical (unpaired) electrons. The number of aromatic nitrogens is 2. The Labute approximate surface area is 418 Å². The minimum Gasteiger partial charge on any atom is -0.360 e. The number of anilines is 3. The minimum atomic E-state index is -0.348. The second-order valence-electron chi connectivity index (χ2n) is 18.5. The third-order valence-corrected chi connectivity index (χ3v) is 14.3. The number of benzene rings is 10. The number of para-hydroxylation sites is 4. The highest BCUT2D eigenvalue weighted by molar-refractivity contribution is 6.15. The van der Waals surface area contributed by atoms with Crippen molar-refractivity contribution in [2.24, 2.45) is 4.99 Å². The molecule has 0 spiro atoms. The predicted octanol–water partition coefficient (Wildman–Crippen LogP) is 16.9. The summed E-state index contributed by atoms with van der Waals surface area (Å²) in [7, 11) is 0. The van der Waals surface area contributed by atoms with Crippen LogP contribution in [0.3, 0.4) is 0 Å². The zero-order chi connectivity index (χ0) is 47.5. The lowest BCUT2D eigenvalue weighted by Crippen LogP contribution is -2.25. The van der Waals surface area contributed by atoms with Crippen LogP contribution in [0.1, 0.15) is 22.9 Å². The van der Waals surface area contributed by atoms with Gasteiger partial charge in [-0.05, 0) is 87.8 Å². The Morgan fingerprint density at radius 1 is 0.403 bits per heavy atom. The Morgan fingerprint density at radius 2 is 0.986 bits per heavy atom. The number of aliphatic imine (C=N–C) groups is 1. The van der Waals surface area contributed by atoms with Gasteiger partial charge in [0.25, 0.3) is 0 Å². The van der Waals surface area contributed by atoms with Crippen molar-refractivity contribution in [2.45, 2.75) is 6.17 Å². The molecule has 1 atom stereocenters. The third-order valence-electron chi connectivity index (χ3n) is 14.3. The van der Waals surface area contributed by atoms with Crippen LogP contribution in [0.4, 0.5) is 17.1 Å². The van der Waals surface area contributed by atoms with E-state index in [1.165, 1.54) is 27.5 Å². The van der Waals surface area contributed by atoms with Crippen molar-refractivity contribution in [1.29, 1.82) is 0 Å². The first-order valence-corrected chi connectivity index (χ1v) is 24.6. The molecule has 1 N–H and O–H groups in total. The van der Waals surface area contributed by atoms with Gasteiger partial charge in [0.1, 0.15) is 6.17 Å². The maximum absolute atomic E-state index is 5.43. The maximum Gasteiger partial charge on any atom is 0.145 e. The van der Waals surface area contributed by atoms with Crippen molar-refractivity contribution < 1.29 is 0 Å². The van der Waals surface area contributed by atoms with E-state index in [1.54, 1.807) is 0 Å². The maximum atomic E-state index is 5.43. The molecule has 5 heteroatoms. The topological polar surface area (TPSA) is 45.5 Å². The first kappa shape index (κ1) is 41.4. The summed E-state index contributed by atoms with van der Waals surface area (Å²) in [6.07, 6.45) is 1.84. The molecule has 12 aromatic rings. The van der Waals surface area contributed by atoms with E-state index in [0.717, 1.165) is 101 Å². The molecule has 5 nitrogen and oxygen atoms in total. The first-order valence-electron chi connectivity index (χ1n) is 24.6. The van der Waals surface area contributed by atoms with Gasteiger partial charge in [-0.15, -0.1) is 0 Å². The molecule has 0 amide bonds. The van der Waals surface area contributed by atoms with Gasteiger partial charge in [0.05, 0.1) is 39.5 Å². The van der Waals surface area contributed by atoms with Gasteiger partial charge in [-0.25, -0.2) is 4.98 Å². The van der Waals surface area contributed by atoms with Crippen molar-refractivity contribution in [2.75, 3.05) is 4.90 Å². The molecule has 0 aliphatic carbocycles. The average Bonchev–Trinajstić information content (AvgIpc) is 3.74. The summed E-state index contributed by atoms with van der Waals surface area (Å²) in [5.41, 5.74) is 20.7. The van der Waals surface area contributed by atoms with E-state index < -0.39 is 0 Å². The molecule has 2 aliphatic heterocycles. The molecule has 10 aromatic carbocycles. The van der Waals surface area contributed by atoms with Crippen molar-refractivity contribution in [3.05, 3.63) is 278 Å². The number of nitrogens with one attached hydrogen (secondary N) is 1. The van der Waals surface area contributed by atoms with Gasteiger partial charge < -0.3 is 14.8 Å². The van der Waals surface area contributed by atoms with Gasteiger partial charge in [0.2, 0.25) is 0 Å². The van der Waals surface area contributed by atoms with Crippen LogP contribution in [-0.4, -0.2) is 15.3 Å². The van der Waals surface area contributed by atoms with Crippen molar-refractivity contribution in [1.82, 2.24) is 14.9 Å². The fourth-order valence-electron chi connectivity index (χ4n) is 11.0. The second kappa shape index (κ2) is 17.1. The van der Waals surface area contributed by atoms with Crippen LogP contribution in [0, 0.1) is 0 Å². The molecule has 72 heavy (non-hydrogen) atoms. The molecule has 0 fully saturated rings. The van der Waals surface area contributed by atoms with Gasteiger partial charge >= 0.3 is 0 Å². The molecule has 2 aromatic heterocycles. The van der Waals surface area contributed by atoms with Crippen LogP contribution in [-0.2, 0) is 0 Å². The summed E-state index contributed by atoms with van der Waals surface area (Å²) >= 11 is 0. The van der Waals surface area contributed by atoms with Crippen LogP contribution < -0.4 is 10.2 Å². The minimum absolute atomic E-state index is 0.348. The monoisotopic (exact) mass is 919 g/mol. The molecule has 1 unspecified atom stereocenters. The van der Waals surface area contributed by atoms with Crippen LogP contribution in [0.5, 0.6) is 0 Å². The summed E-state index contributed by atoms with van der Waals surface area (Å²) in [6, 6.07) is 91.4. The van der Waals surface area contributed by atoms with Crippen LogP contribution >= 0.6 is 0 Å². The van der Waals surface area contributed by atoms with Gasteiger partial charge in [0, 0.05) is 55.5 Å². The Morgan fingerprint density at radius 3 is 1.79 bits per heavy atom. The summed E-state index contributed by atoms with van der Waals surface area (Å²) in [5.74, 6) is 0. The van der Waals surface area contributed by atoms with Gasteiger partial charge in [0.15, 0.2) is 0 Å². The highest BCUT2D eigenvalue weighted by Crippen LogP contribution is 2.54. The molecular weight excluding hydrogens is 875 g/mol. The molecule has 338 valence electrons. The number of pyridine rings is 1. The van der Waals surface area contributed by atoms with E-state index in [2.05, 4.69) is 276 Å². The van der Waals surface area contributed by atoms with Gasteiger partial charge in [-0.3, -0.25) is 4.99 Å². The van der Waals surface area contributed by atoms with Gasteiger partial charge in [-0.2, -0.15) is 0 Å². The quantitative estimate of drug-likeness (QED) is 0.162. The van der Waals surface area contributed by atoms with Crippen molar-refractivity contribution >= 4 is 61.0 Å². The Kier molecular flexibility index (Phi) is 9.85. The number of nitrogens with zero attached hydrogens (tertiary/aromatic N) is 4. The summed E-state index contributed by atoms with van der Waals surface area (Å²) in [6.45, 7) is 0. The summed E-state index contributed by atoms with van der Waals surface area (Å²) < 4.78 is 2.47. The number of hydrogen-bond donors (Lipinski definition) is 1.